The molecule has 0 bridgehead atoms. The predicted octanol–water partition coefficient (Wildman–Crippen LogP) is 5.11. The maximum atomic E-state index is 5.48. The second kappa shape index (κ2) is 8.34. The minimum absolute atomic E-state index is 0.271. The highest BCUT2D eigenvalue weighted by molar-refractivity contribution is 7.13. The van der Waals surface area contributed by atoms with E-state index in [1.807, 2.05) is 60.1 Å². The van der Waals surface area contributed by atoms with E-state index in [9.17, 15) is 0 Å². The van der Waals surface area contributed by atoms with Gasteiger partial charge in [0.2, 0.25) is 6.79 Å². The van der Waals surface area contributed by atoms with E-state index in [1.54, 1.807) is 23.7 Å². The number of nitrogens with one attached hydrogen (secondary N) is 1. The summed E-state index contributed by atoms with van der Waals surface area (Å²) in [6.07, 6.45) is 9.26. The topological polar surface area (TPSA) is 69.2 Å². The fraction of sp³-hybridized carbons (Fsp3) is 0.0870. The van der Waals surface area contributed by atoms with Crippen LogP contribution in [0.3, 0.4) is 0 Å². The van der Waals surface area contributed by atoms with Gasteiger partial charge in [-0.15, -0.1) is 11.3 Å². The fourth-order valence-electron chi connectivity index (χ4n) is 3.10. The first-order valence-electron chi connectivity index (χ1n) is 9.46. The molecular weight excluding hydrogens is 396 g/mol. The first-order chi connectivity index (χ1) is 14.8. The van der Waals surface area contributed by atoms with Crippen molar-refractivity contribution in [2.75, 3.05) is 12.1 Å². The number of anilines is 1. The van der Waals surface area contributed by atoms with Gasteiger partial charge in [0.1, 0.15) is 5.82 Å². The van der Waals surface area contributed by atoms with Gasteiger partial charge in [0.05, 0.1) is 5.56 Å². The van der Waals surface area contributed by atoms with Crippen LogP contribution in [0, 0.1) is 0 Å². The first-order valence-corrected chi connectivity index (χ1v) is 10.3. The summed E-state index contributed by atoms with van der Waals surface area (Å²) in [7, 11) is 0. The highest BCUT2D eigenvalue weighted by Crippen LogP contribution is 2.33. The molecular formula is C23H18N4O2S. The molecule has 1 N–H and O–H groups in total. The van der Waals surface area contributed by atoms with Gasteiger partial charge in [-0.2, -0.15) is 0 Å². The van der Waals surface area contributed by atoms with Crippen LogP contribution in [0.5, 0.6) is 11.5 Å². The molecule has 1 aromatic carbocycles. The number of nitrogens with zero attached hydrogens (tertiary/aromatic N) is 3. The van der Waals surface area contributed by atoms with Gasteiger partial charge in [0.15, 0.2) is 17.3 Å². The summed E-state index contributed by atoms with van der Waals surface area (Å²) < 4.78 is 10.9. The van der Waals surface area contributed by atoms with Crippen molar-refractivity contribution >= 4 is 29.3 Å². The molecule has 0 unspecified atom stereocenters. The maximum Gasteiger partial charge on any atom is 0.231 e. The normalized spacial score (nSPS) is 12.4. The van der Waals surface area contributed by atoms with Gasteiger partial charge in [-0.1, -0.05) is 18.2 Å². The van der Waals surface area contributed by atoms with Gasteiger partial charge in [-0.25, -0.2) is 9.97 Å². The van der Waals surface area contributed by atoms with Crippen molar-refractivity contribution in [1.82, 2.24) is 15.0 Å². The number of aromatic nitrogens is 3. The molecule has 0 saturated carbocycles. The van der Waals surface area contributed by atoms with Crippen LogP contribution in [0.4, 0.5) is 5.82 Å². The quantitative estimate of drug-likeness (QED) is 0.473. The molecule has 5 rings (SSSR count). The lowest BCUT2D eigenvalue weighted by Gasteiger charge is -2.11. The summed E-state index contributed by atoms with van der Waals surface area (Å²) in [5, 5.41) is 5.51. The molecule has 0 fully saturated rings. The lowest BCUT2D eigenvalue weighted by Crippen LogP contribution is -2.05. The highest BCUT2D eigenvalue weighted by atomic mass is 32.1. The molecule has 1 aliphatic heterocycles. The molecule has 4 aromatic rings. The third-order valence-corrected chi connectivity index (χ3v) is 5.50. The zero-order chi connectivity index (χ0) is 20.2. The van der Waals surface area contributed by atoms with Crippen molar-refractivity contribution in [2.45, 2.75) is 6.54 Å². The molecule has 1 aliphatic rings. The predicted molar refractivity (Wildman–Crippen MR) is 118 cm³/mol. The van der Waals surface area contributed by atoms with Crippen LogP contribution in [0.2, 0.25) is 0 Å². The van der Waals surface area contributed by atoms with E-state index in [0.717, 1.165) is 38.9 Å². The largest absolute Gasteiger partial charge is 0.454 e. The van der Waals surface area contributed by atoms with Crippen LogP contribution in [-0.4, -0.2) is 21.7 Å². The number of hydrogen-bond donors (Lipinski definition) is 1. The smallest absolute Gasteiger partial charge is 0.231 e. The molecule has 4 heterocycles. The summed E-state index contributed by atoms with van der Waals surface area (Å²) >= 11 is 1.66. The van der Waals surface area contributed by atoms with Crippen molar-refractivity contribution < 1.29 is 9.47 Å². The van der Waals surface area contributed by atoms with E-state index in [-0.39, 0.29) is 6.79 Å². The molecule has 7 heteroatoms. The van der Waals surface area contributed by atoms with Crippen molar-refractivity contribution in [3.8, 4) is 21.9 Å². The third kappa shape index (κ3) is 4.01. The van der Waals surface area contributed by atoms with E-state index < -0.39 is 0 Å². The van der Waals surface area contributed by atoms with E-state index in [2.05, 4.69) is 21.4 Å². The van der Waals surface area contributed by atoms with Gasteiger partial charge >= 0.3 is 0 Å². The average Bonchev–Trinajstić information content (AvgIpc) is 3.49. The molecule has 0 saturated heterocycles. The van der Waals surface area contributed by atoms with Crippen LogP contribution in [0.25, 0.3) is 22.6 Å². The molecule has 6 nitrogen and oxygen atoms in total. The molecule has 0 atom stereocenters. The van der Waals surface area contributed by atoms with Gasteiger partial charge < -0.3 is 14.8 Å². The van der Waals surface area contributed by atoms with Crippen molar-refractivity contribution in [3.05, 3.63) is 83.4 Å². The second-order valence-corrected chi connectivity index (χ2v) is 7.58. The zero-order valence-corrected chi connectivity index (χ0v) is 16.8. The summed E-state index contributed by atoms with van der Waals surface area (Å²) in [4.78, 5) is 14.5. The van der Waals surface area contributed by atoms with Crippen molar-refractivity contribution in [2.24, 2.45) is 0 Å². The summed E-state index contributed by atoms with van der Waals surface area (Å²) in [6.45, 7) is 0.880. The van der Waals surface area contributed by atoms with Crippen molar-refractivity contribution in [3.63, 3.8) is 0 Å². The Morgan fingerprint density at radius 2 is 2.00 bits per heavy atom. The number of fused-ring (bicyclic) bond motifs is 1. The Kier molecular flexibility index (Phi) is 5.10. The minimum atomic E-state index is 0.271. The van der Waals surface area contributed by atoms with Crippen LogP contribution in [0.15, 0.2) is 66.4 Å². The van der Waals surface area contributed by atoms with Crippen LogP contribution >= 0.6 is 11.3 Å². The third-order valence-electron chi connectivity index (χ3n) is 4.60. The number of benzene rings is 1. The zero-order valence-electron chi connectivity index (χ0n) is 16.0. The molecule has 30 heavy (non-hydrogen) atoms. The van der Waals surface area contributed by atoms with Gasteiger partial charge in [0.25, 0.3) is 0 Å². The number of hydrogen-bond acceptors (Lipinski definition) is 7. The monoisotopic (exact) mass is 414 g/mol. The Balaban J connectivity index is 1.41. The number of pyridine rings is 1. The SMILES string of the molecule is C(=Cc1ncc(-c2cccs2)c(NCc2ccc3c(c2)OCO3)n1)c1cccnc1. The fourth-order valence-corrected chi connectivity index (χ4v) is 3.84. The van der Waals surface area contributed by atoms with E-state index in [4.69, 9.17) is 14.5 Å². The Morgan fingerprint density at radius 3 is 2.87 bits per heavy atom. The Labute approximate surface area is 177 Å². The van der Waals surface area contributed by atoms with E-state index >= 15 is 0 Å². The summed E-state index contributed by atoms with van der Waals surface area (Å²) in [5.41, 5.74) is 3.06. The average molecular weight is 414 g/mol. The van der Waals surface area contributed by atoms with E-state index in [0.29, 0.717) is 12.4 Å². The lowest BCUT2D eigenvalue weighted by molar-refractivity contribution is 0.174. The lowest BCUT2D eigenvalue weighted by atomic mass is 10.2. The summed E-state index contributed by atoms with van der Waals surface area (Å²) in [6, 6.07) is 13.9. The Morgan fingerprint density at radius 1 is 1.03 bits per heavy atom. The van der Waals surface area contributed by atoms with Crippen molar-refractivity contribution in [1.29, 1.82) is 0 Å². The Bertz CT molecular complexity index is 1180. The standard InChI is InChI=1S/C23H18N4O2S/c1-3-16(12-24-9-1)6-8-22-25-14-18(21-4-2-10-30-21)23(27-22)26-13-17-5-7-19-20(11-17)29-15-28-19/h1-12,14H,13,15H2,(H,25,26,27). The second-order valence-electron chi connectivity index (χ2n) is 6.63. The van der Waals surface area contributed by atoms with Crippen LogP contribution < -0.4 is 14.8 Å². The highest BCUT2D eigenvalue weighted by Gasteiger charge is 2.14. The van der Waals surface area contributed by atoms with Crippen LogP contribution in [-0.2, 0) is 6.54 Å². The molecule has 0 spiro atoms. The number of ether oxygens (including phenoxy) is 2. The minimum Gasteiger partial charge on any atom is -0.454 e. The van der Waals surface area contributed by atoms with Gasteiger partial charge in [-0.3, -0.25) is 4.98 Å². The van der Waals surface area contributed by atoms with E-state index in [1.165, 1.54) is 0 Å². The van der Waals surface area contributed by atoms with Gasteiger partial charge in [-0.05, 0) is 52.9 Å². The molecule has 148 valence electrons. The molecule has 3 aromatic heterocycles. The van der Waals surface area contributed by atoms with Gasteiger partial charge in [0, 0.05) is 30.0 Å². The molecule has 0 radical (unpaired) electrons. The summed E-state index contributed by atoms with van der Waals surface area (Å²) in [5.74, 6) is 2.97. The number of rotatable bonds is 6. The van der Waals surface area contributed by atoms with Crippen LogP contribution in [0.1, 0.15) is 17.0 Å². The molecule has 0 aliphatic carbocycles. The maximum absolute atomic E-state index is 5.48. The Hall–Kier alpha value is -3.71. The molecule has 0 amide bonds. The first kappa shape index (κ1) is 18.3. The number of thiophene rings is 1.